The average Bonchev–Trinajstić information content (AvgIpc) is 2.82. The lowest BCUT2D eigenvalue weighted by Gasteiger charge is -2.19. The van der Waals surface area contributed by atoms with Crippen LogP contribution in [0.15, 0.2) is 24.3 Å². The summed E-state index contributed by atoms with van der Waals surface area (Å²) in [5.41, 5.74) is 0. The van der Waals surface area contributed by atoms with E-state index in [4.69, 9.17) is 5.11 Å². The van der Waals surface area contributed by atoms with Crippen molar-refractivity contribution in [2.75, 3.05) is 0 Å². The summed E-state index contributed by atoms with van der Waals surface area (Å²) in [5, 5.41) is 38.8. The van der Waals surface area contributed by atoms with E-state index in [9.17, 15) is 20.1 Å². The first-order valence-corrected chi connectivity index (χ1v) is 9.53. The highest BCUT2D eigenvalue weighted by molar-refractivity contribution is 5.66. The van der Waals surface area contributed by atoms with Gasteiger partial charge < -0.3 is 20.4 Å². The van der Waals surface area contributed by atoms with E-state index < -0.39 is 18.2 Å². The van der Waals surface area contributed by atoms with E-state index in [2.05, 4.69) is 6.92 Å². The molecule has 1 aliphatic carbocycles. The van der Waals surface area contributed by atoms with E-state index >= 15 is 0 Å². The molecule has 1 rings (SSSR count). The first-order chi connectivity index (χ1) is 12.0. The van der Waals surface area contributed by atoms with E-state index in [1.54, 1.807) is 0 Å². The Labute approximate surface area is 151 Å². The Morgan fingerprint density at radius 1 is 1.16 bits per heavy atom. The average molecular weight is 354 g/mol. The molecule has 0 amide bonds. The standard InChI is InChI=1S/C20H34O5/c1-2-3-9-15(21)10-8-12-17-16(18(22)14-19(17)23)11-6-4-5-7-13-20(24)25/h4,6,8,12,15-19,21-23H,2-3,5,7,9-11,13-14H2,1H3,(H,24,25)/b6-4-,12-8+/t15?,16-,17-,18+,19-/m1/s1. The number of unbranched alkanes of at least 4 members (excludes halogenated alkanes) is 2. The van der Waals surface area contributed by atoms with Crippen LogP contribution in [0.4, 0.5) is 0 Å². The minimum Gasteiger partial charge on any atom is -0.481 e. The Bertz CT molecular complexity index is 432. The number of rotatable bonds is 12. The number of carboxylic acids is 1. The molecule has 1 saturated carbocycles. The van der Waals surface area contributed by atoms with Crippen molar-refractivity contribution in [2.24, 2.45) is 11.8 Å². The van der Waals surface area contributed by atoms with E-state index in [0.29, 0.717) is 32.1 Å². The first kappa shape index (κ1) is 21.9. The molecule has 0 spiro atoms. The predicted molar refractivity (Wildman–Crippen MR) is 98.1 cm³/mol. The van der Waals surface area contributed by atoms with Gasteiger partial charge in [0.1, 0.15) is 0 Å². The van der Waals surface area contributed by atoms with Crippen molar-refractivity contribution < 1.29 is 25.2 Å². The summed E-state index contributed by atoms with van der Waals surface area (Å²) in [4.78, 5) is 10.5. The third kappa shape index (κ3) is 8.66. The monoisotopic (exact) mass is 354 g/mol. The van der Waals surface area contributed by atoms with Crippen molar-refractivity contribution in [3.05, 3.63) is 24.3 Å². The molecule has 25 heavy (non-hydrogen) atoms. The maximum absolute atomic E-state index is 10.5. The fourth-order valence-electron chi connectivity index (χ4n) is 3.40. The third-order valence-corrected chi connectivity index (χ3v) is 4.91. The second-order valence-corrected chi connectivity index (χ2v) is 7.06. The fourth-order valence-corrected chi connectivity index (χ4v) is 3.40. The van der Waals surface area contributed by atoms with Crippen LogP contribution in [0.3, 0.4) is 0 Å². The van der Waals surface area contributed by atoms with Crippen LogP contribution in [-0.2, 0) is 4.79 Å². The van der Waals surface area contributed by atoms with Crippen molar-refractivity contribution in [1.82, 2.24) is 0 Å². The van der Waals surface area contributed by atoms with Crippen molar-refractivity contribution in [2.45, 2.75) is 83.0 Å². The van der Waals surface area contributed by atoms with E-state index in [1.807, 2.05) is 24.3 Å². The summed E-state index contributed by atoms with van der Waals surface area (Å²) in [6.45, 7) is 2.10. The molecule has 0 radical (unpaired) electrons. The molecule has 1 fully saturated rings. The minimum absolute atomic E-state index is 0.0326. The molecule has 5 heteroatoms. The van der Waals surface area contributed by atoms with Crippen LogP contribution in [0.1, 0.15) is 64.7 Å². The number of aliphatic hydroxyl groups excluding tert-OH is 3. The van der Waals surface area contributed by atoms with Gasteiger partial charge in [-0.3, -0.25) is 4.79 Å². The van der Waals surface area contributed by atoms with Gasteiger partial charge in [-0.1, -0.05) is 44.1 Å². The summed E-state index contributed by atoms with van der Waals surface area (Å²) < 4.78 is 0. The molecule has 0 bridgehead atoms. The predicted octanol–water partition coefficient (Wildman–Crippen LogP) is 3.04. The Morgan fingerprint density at radius 2 is 1.92 bits per heavy atom. The van der Waals surface area contributed by atoms with Crippen LogP contribution in [0.2, 0.25) is 0 Å². The second-order valence-electron chi connectivity index (χ2n) is 7.06. The van der Waals surface area contributed by atoms with E-state index in [-0.39, 0.29) is 24.4 Å². The fraction of sp³-hybridized carbons (Fsp3) is 0.750. The first-order valence-electron chi connectivity index (χ1n) is 9.53. The molecule has 0 aromatic heterocycles. The lowest BCUT2D eigenvalue weighted by Crippen LogP contribution is -2.20. The van der Waals surface area contributed by atoms with Crippen LogP contribution in [-0.4, -0.2) is 44.7 Å². The van der Waals surface area contributed by atoms with Crippen LogP contribution >= 0.6 is 0 Å². The maximum Gasteiger partial charge on any atom is 0.303 e. The summed E-state index contributed by atoms with van der Waals surface area (Å²) >= 11 is 0. The van der Waals surface area contributed by atoms with Crippen molar-refractivity contribution in [3.63, 3.8) is 0 Å². The molecule has 1 aliphatic rings. The van der Waals surface area contributed by atoms with Crippen LogP contribution in [0.5, 0.6) is 0 Å². The zero-order valence-corrected chi connectivity index (χ0v) is 15.3. The molecule has 0 aromatic rings. The van der Waals surface area contributed by atoms with Crippen molar-refractivity contribution in [3.8, 4) is 0 Å². The zero-order chi connectivity index (χ0) is 18.7. The molecule has 0 aliphatic heterocycles. The summed E-state index contributed by atoms with van der Waals surface area (Å²) in [6, 6.07) is 0. The van der Waals surface area contributed by atoms with Crippen LogP contribution < -0.4 is 0 Å². The highest BCUT2D eigenvalue weighted by Crippen LogP contribution is 2.36. The Morgan fingerprint density at radius 3 is 2.60 bits per heavy atom. The van der Waals surface area contributed by atoms with Gasteiger partial charge in [-0.15, -0.1) is 0 Å². The van der Waals surface area contributed by atoms with Crippen LogP contribution in [0.25, 0.3) is 0 Å². The molecule has 0 aromatic carbocycles. The number of hydrogen-bond acceptors (Lipinski definition) is 4. The maximum atomic E-state index is 10.5. The van der Waals surface area contributed by atoms with Gasteiger partial charge in [-0.2, -0.15) is 0 Å². The number of hydrogen-bond donors (Lipinski definition) is 4. The third-order valence-electron chi connectivity index (χ3n) is 4.91. The topological polar surface area (TPSA) is 98.0 Å². The highest BCUT2D eigenvalue weighted by atomic mass is 16.4. The molecule has 0 heterocycles. The Kier molecular flexibility index (Phi) is 10.7. The normalized spacial score (nSPS) is 28.2. The van der Waals surface area contributed by atoms with Gasteiger partial charge in [-0.05, 0) is 38.0 Å². The van der Waals surface area contributed by atoms with Crippen LogP contribution in [0, 0.1) is 11.8 Å². The molecule has 4 N–H and O–H groups in total. The number of carbonyl (C=O) groups is 1. The summed E-state index contributed by atoms with van der Waals surface area (Å²) in [7, 11) is 0. The largest absolute Gasteiger partial charge is 0.481 e. The van der Waals surface area contributed by atoms with Gasteiger partial charge in [0.05, 0.1) is 18.3 Å². The summed E-state index contributed by atoms with van der Waals surface area (Å²) in [6.07, 6.45) is 12.4. The van der Waals surface area contributed by atoms with E-state index in [0.717, 1.165) is 19.3 Å². The molecule has 1 unspecified atom stereocenters. The molecule has 5 atom stereocenters. The number of aliphatic hydroxyl groups is 3. The SMILES string of the molecule is CCCCC(O)C/C=C/[C@@H]1[C@@H](C/C=C\CCCC(=O)O)[C@@H](O)C[C@H]1O. The van der Waals surface area contributed by atoms with Gasteiger partial charge in [0.25, 0.3) is 0 Å². The Hall–Kier alpha value is -1.17. The van der Waals surface area contributed by atoms with Gasteiger partial charge in [-0.25, -0.2) is 0 Å². The quantitative estimate of drug-likeness (QED) is 0.319. The number of carboxylic acid groups (broad SMARTS) is 1. The van der Waals surface area contributed by atoms with Gasteiger partial charge >= 0.3 is 5.97 Å². The van der Waals surface area contributed by atoms with Gasteiger partial charge in [0.2, 0.25) is 0 Å². The zero-order valence-electron chi connectivity index (χ0n) is 15.3. The lowest BCUT2D eigenvalue weighted by molar-refractivity contribution is -0.137. The van der Waals surface area contributed by atoms with Gasteiger partial charge in [0.15, 0.2) is 0 Å². The minimum atomic E-state index is -0.783. The lowest BCUT2D eigenvalue weighted by atomic mass is 9.89. The number of aliphatic carboxylic acids is 1. The smallest absolute Gasteiger partial charge is 0.303 e. The molecule has 144 valence electrons. The second kappa shape index (κ2) is 12.2. The van der Waals surface area contributed by atoms with Crippen molar-refractivity contribution >= 4 is 5.97 Å². The highest BCUT2D eigenvalue weighted by Gasteiger charge is 2.39. The summed E-state index contributed by atoms with van der Waals surface area (Å²) in [5.74, 6) is -0.916. The number of allylic oxidation sites excluding steroid dienone is 2. The molecular formula is C20H34O5. The van der Waals surface area contributed by atoms with Crippen molar-refractivity contribution in [1.29, 1.82) is 0 Å². The Balaban J connectivity index is 2.44. The molecule has 0 saturated heterocycles. The van der Waals surface area contributed by atoms with E-state index in [1.165, 1.54) is 0 Å². The molecule has 5 nitrogen and oxygen atoms in total. The molecular weight excluding hydrogens is 320 g/mol. The van der Waals surface area contributed by atoms with Gasteiger partial charge in [0, 0.05) is 18.8 Å².